The van der Waals surface area contributed by atoms with Gasteiger partial charge in [-0.2, -0.15) is 0 Å². The molecule has 1 amide bonds. The van der Waals surface area contributed by atoms with Gasteiger partial charge in [0.2, 0.25) is 5.91 Å². The number of hydrogen-bond acceptors (Lipinski definition) is 5. The Morgan fingerprint density at radius 2 is 1.93 bits per heavy atom. The first kappa shape index (κ1) is 20.1. The van der Waals surface area contributed by atoms with Crippen molar-refractivity contribution in [2.75, 3.05) is 31.2 Å². The molecule has 0 aliphatic carbocycles. The highest BCUT2D eigenvalue weighted by Gasteiger charge is 2.16. The van der Waals surface area contributed by atoms with Gasteiger partial charge in [0.25, 0.3) is 0 Å². The van der Waals surface area contributed by atoms with Crippen molar-refractivity contribution < 1.29 is 18.3 Å². The zero-order valence-corrected chi connectivity index (χ0v) is 16.6. The van der Waals surface area contributed by atoms with Gasteiger partial charge in [0.05, 0.1) is 18.8 Å². The zero-order valence-electron chi connectivity index (χ0n) is 16.6. The molecule has 1 aromatic carbocycles. The van der Waals surface area contributed by atoms with E-state index in [1.165, 1.54) is 6.07 Å². The molecular weight excluding hydrogens is 385 g/mol. The van der Waals surface area contributed by atoms with Crippen LogP contribution in [0.15, 0.2) is 59.1 Å². The number of ether oxygens (including phenoxy) is 1. The number of furan rings is 1. The minimum Gasteiger partial charge on any atom is -0.461 e. The SMILES string of the molecule is O=C(CCc1ccc(-c2ccccc2F)o1)NCc1cccnc1N1CCOCC1. The third-order valence-electron chi connectivity index (χ3n) is 5.05. The Labute approximate surface area is 174 Å². The van der Waals surface area contributed by atoms with Crippen LogP contribution in [0.5, 0.6) is 0 Å². The average Bonchev–Trinajstić information content (AvgIpc) is 3.26. The topological polar surface area (TPSA) is 67.6 Å². The van der Waals surface area contributed by atoms with E-state index in [-0.39, 0.29) is 18.1 Å². The van der Waals surface area contributed by atoms with Crippen LogP contribution in [0.1, 0.15) is 17.7 Å². The number of aryl methyl sites for hydroxylation is 1. The highest BCUT2D eigenvalue weighted by Crippen LogP contribution is 2.25. The normalized spacial score (nSPS) is 14.0. The summed E-state index contributed by atoms with van der Waals surface area (Å²) in [5, 5.41) is 2.96. The summed E-state index contributed by atoms with van der Waals surface area (Å²) in [6, 6.07) is 13.8. The van der Waals surface area contributed by atoms with Crippen LogP contribution in [0.4, 0.5) is 10.2 Å². The lowest BCUT2D eigenvalue weighted by Gasteiger charge is -2.29. The van der Waals surface area contributed by atoms with E-state index in [1.54, 1.807) is 36.5 Å². The molecule has 0 atom stereocenters. The molecule has 1 fully saturated rings. The van der Waals surface area contributed by atoms with Gasteiger partial charge in [-0.3, -0.25) is 4.79 Å². The Kier molecular flexibility index (Phi) is 6.39. The van der Waals surface area contributed by atoms with E-state index in [9.17, 15) is 9.18 Å². The minimum atomic E-state index is -0.330. The van der Waals surface area contributed by atoms with Crippen molar-refractivity contribution in [3.05, 3.63) is 71.9 Å². The van der Waals surface area contributed by atoms with Gasteiger partial charge < -0.3 is 19.4 Å². The molecule has 0 unspecified atom stereocenters. The summed E-state index contributed by atoms with van der Waals surface area (Å²) in [5.41, 5.74) is 1.40. The van der Waals surface area contributed by atoms with Crippen molar-refractivity contribution in [2.24, 2.45) is 0 Å². The van der Waals surface area contributed by atoms with Gasteiger partial charge in [-0.25, -0.2) is 9.37 Å². The number of hydrogen-bond donors (Lipinski definition) is 1. The van der Waals surface area contributed by atoms with Crippen LogP contribution in [0.25, 0.3) is 11.3 Å². The number of nitrogens with zero attached hydrogens (tertiary/aromatic N) is 2. The number of morpholine rings is 1. The molecule has 0 spiro atoms. The second-order valence-electron chi connectivity index (χ2n) is 7.11. The molecule has 3 aromatic rings. The van der Waals surface area contributed by atoms with Crippen molar-refractivity contribution in [3.8, 4) is 11.3 Å². The predicted octanol–water partition coefficient (Wildman–Crippen LogP) is 3.57. The fourth-order valence-electron chi connectivity index (χ4n) is 3.47. The van der Waals surface area contributed by atoms with Gasteiger partial charge in [-0.15, -0.1) is 0 Å². The first-order valence-electron chi connectivity index (χ1n) is 10.1. The number of carbonyl (C=O) groups is 1. The number of aromatic nitrogens is 1. The molecule has 1 aliphatic heterocycles. The van der Waals surface area contributed by atoms with Crippen LogP contribution in [-0.2, 0) is 22.5 Å². The summed E-state index contributed by atoms with van der Waals surface area (Å²) >= 11 is 0. The van der Waals surface area contributed by atoms with Crippen molar-refractivity contribution in [2.45, 2.75) is 19.4 Å². The first-order chi connectivity index (χ1) is 14.7. The number of carbonyl (C=O) groups excluding carboxylic acids is 1. The standard InChI is InChI=1S/C23H24FN3O3/c24-20-6-2-1-5-19(20)21-9-7-18(30-21)8-10-22(28)26-16-17-4-3-11-25-23(17)27-12-14-29-15-13-27/h1-7,9,11H,8,10,12-16H2,(H,26,28). The first-order valence-corrected chi connectivity index (χ1v) is 10.1. The lowest BCUT2D eigenvalue weighted by Crippen LogP contribution is -2.37. The fourth-order valence-corrected chi connectivity index (χ4v) is 3.47. The molecule has 7 heteroatoms. The number of nitrogens with one attached hydrogen (secondary N) is 1. The maximum Gasteiger partial charge on any atom is 0.220 e. The van der Waals surface area contributed by atoms with Crippen LogP contribution in [0.3, 0.4) is 0 Å². The van der Waals surface area contributed by atoms with Crippen molar-refractivity contribution in [1.82, 2.24) is 10.3 Å². The number of pyridine rings is 1. The average molecular weight is 409 g/mol. The largest absolute Gasteiger partial charge is 0.461 e. The summed E-state index contributed by atoms with van der Waals surface area (Å²) in [7, 11) is 0. The monoisotopic (exact) mass is 409 g/mol. The second kappa shape index (κ2) is 9.54. The van der Waals surface area contributed by atoms with E-state index < -0.39 is 0 Å². The van der Waals surface area contributed by atoms with E-state index in [0.29, 0.717) is 43.3 Å². The van der Waals surface area contributed by atoms with E-state index in [0.717, 1.165) is 24.5 Å². The van der Waals surface area contributed by atoms with E-state index in [4.69, 9.17) is 9.15 Å². The van der Waals surface area contributed by atoms with Gasteiger partial charge in [-0.05, 0) is 30.3 Å². The molecule has 1 N–H and O–H groups in total. The fraction of sp³-hybridized carbons (Fsp3) is 0.304. The van der Waals surface area contributed by atoms with Crippen LogP contribution in [0.2, 0.25) is 0 Å². The molecule has 2 aromatic heterocycles. The third kappa shape index (κ3) is 4.86. The number of anilines is 1. The highest BCUT2D eigenvalue weighted by atomic mass is 19.1. The Balaban J connectivity index is 1.31. The molecule has 0 saturated carbocycles. The van der Waals surface area contributed by atoms with E-state index >= 15 is 0 Å². The summed E-state index contributed by atoms with van der Waals surface area (Å²) in [5.74, 6) is 1.61. The minimum absolute atomic E-state index is 0.0735. The molecule has 6 nitrogen and oxygen atoms in total. The lowest BCUT2D eigenvalue weighted by atomic mass is 10.1. The van der Waals surface area contributed by atoms with Crippen LogP contribution < -0.4 is 10.2 Å². The van der Waals surface area contributed by atoms with Crippen LogP contribution >= 0.6 is 0 Å². The number of halogens is 1. The molecule has 1 saturated heterocycles. The van der Waals surface area contributed by atoms with E-state index in [2.05, 4.69) is 15.2 Å². The van der Waals surface area contributed by atoms with E-state index in [1.807, 2.05) is 12.1 Å². The number of rotatable bonds is 7. The van der Waals surface area contributed by atoms with Crippen LogP contribution in [0, 0.1) is 5.82 Å². The number of amides is 1. The second-order valence-corrected chi connectivity index (χ2v) is 7.11. The Bertz CT molecular complexity index is 999. The molecule has 0 radical (unpaired) electrons. The highest BCUT2D eigenvalue weighted by molar-refractivity contribution is 5.76. The van der Waals surface area contributed by atoms with Crippen molar-refractivity contribution in [1.29, 1.82) is 0 Å². The predicted molar refractivity (Wildman–Crippen MR) is 112 cm³/mol. The summed E-state index contributed by atoms with van der Waals surface area (Å²) < 4.78 is 25.0. The molecule has 4 rings (SSSR count). The maximum atomic E-state index is 13.9. The summed E-state index contributed by atoms with van der Waals surface area (Å²) in [6.45, 7) is 3.36. The van der Waals surface area contributed by atoms with Crippen molar-refractivity contribution in [3.63, 3.8) is 0 Å². The van der Waals surface area contributed by atoms with Gasteiger partial charge in [-0.1, -0.05) is 18.2 Å². The zero-order chi connectivity index (χ0) is 20.8. The molecule has 3 heterocycles. The molecule has 0 bridgehead atoms. The molecular formula is C23H24FN3O3. The maximum absolute atomic E-state index is 13.9. The van der Waals surface area contributed by atoms with Gasteiger partial charge >= 0.3 is 0 Å². The Morgan fingerprint density at radius 3 is 2.77 bits per heavy atom. The quantitative estimate of drug-likeness (QED) is 0.646. The van der Waals surface area contributed by atoms with Gasteiger partial charge in [0.1, 0.15) is 23.2 Å². The summed E-state index contributed by atoms with van der Waals surface area (Å²) in [6.07, 6.45) is 2.50. The van der Waals surface area contributed by atoms with Gasteiger partial charge in [0, 0.05) is 44.2 Å². The number of benzene rings is 1. The summed E-state index contributed by atoms with van der Waals surface area (Å²) in [4.78, 5) is 19.0. The smallest absolute Gasteiger partial charge is 0.220 e. The Hall–Kier alpha value is -3.19. The van der Waals surface area contributed by atoms with Gasteiger partial charge in [0.15, 0.2) is 0 Å². The van der Waals surface area contributed by atoms with Crippen molar-refractivity contribution >= 4 is 11.7 Å². The molecule has 156 valence electrons. The van der Waals surface area contributed by atoms with Crippen LogP contribution in [-0.4, -0.2) is 37.2 Å². The lowest BCUT2D eigenvalue weighted by molar-refractivity contribution is -0.121. The molecule has 30 heavy (non-hydrogen) atoms. The Morgan fingerprint density at radius 1 is 1.10 bits per heavy atom. The third-order valence-corrected chi connectivity index (χ3v) is 5.05. The molecule has 1 aliphatic rings.